The van der Waals surface area contributed by atoms with Gasteiger partial charge in [0.05, 0.1) is 11.7 Å². The largest absolute Gasteiger partial charge is 0.378 e. The number of halogens is 1. The minimum absolute atomic E-state index is 0.242. The fraction of sp³-hybridized carbons (Fsp3) is 0.357. The summed E-state index contributed by atoms with van der Waals surface area (Å²) in [6.45, 7) is 6.31. The summed E-state index contributed by atoms with van der Waals surface area (Å²) in [7, 11) is 1.95. The molecule has 0 spiro atoms. The van der Waals surface area contributed by atoms with E-state index in [1.807, 2.05) is 24.7 Å². The SMILES string of the molecule is Cc1nn(C)cc1C(C)Nc1cccc(Br)c1C. The summed E-state index contributed by atoms with van der Waals surface area (Å²) >= 11 is 3.55. The van der Waals surface area contributed by atoms with Gasteiger partial charge in [-0.25, -0.2) is 0 Å². The molecule has 0 bridgehead atoms. The Hall–Kier alpha value is -1.29. The first-order valence-corrected chi connectivity index (χ1v) is 6.80. The van der Waals surface area contributed by atoms with Crippen LogP contribution < -0.4 is 5.32 Å². The van der Waals surface area contributed by atoms with Gasteiger partial charge < -0.3 is 5.32 Å². The van der Waals surface area contributed by atoms with Crippen molar-refractivity contribution in [3.05, 3.63) is 45.7 Å². The maximum Gasteiger partial charge on any atom is 0.0646 e. The molecular formula is C14H18BrN3. The molecule has 0 saturated heterocycles. The summed E-state index contributed by atoms with van der Waals surface area (Å²) in [6.07, 6.45) is 2.07. The second-order valence-corrected chi connectivity index (χ2v) is 5.48. The van der Waals surface area contributed by atoms with Crippen molar-refractivity contribution in [2.24, 2.45) is 7.05 Å². The maximum atomic E-state index is 4.38. The van der Waals surface area contributed by atoms with Crippen LogP contribution in [0.3, 0.4) is 0 Å². The summed E-state index contributed by atoms with van der Waals surface area (Å²) in [5.74, 6) is 0. The van der Waals surface area contributed by atoms with Crippen molar-refractivity contribution in [2.75, 3.05) is 5.32 Å². The lowest BCUT2D eigenvalue weighted by molar-refractivity contribution is 0.756. The number of anilines is 1. The zero-order valence-electron chi connectivity index (χ0n) is 11.2. The van der Waals surface area contributed by atoms with Crippen LogP contribution in [0, 0.1) is 13.8 Å². The average molecular weight is 308 g/mol. The Labute approximate surface area is 116 Å². The molecule has 0 amide bonds. The summed E-state index contributed by atoms with van der Waals surface area (Å²) in [5.41, 5.74) is 4.69. The zero-order valence-corrected chi connectivity index (χ0v) is 12.7. The van der Waals surface area contributed by atoms with Gasteiger partial charge in [-0.15, -0.1) is 0 Å². The van der Waals surface area contributed by atoms with E-state index in [2.05, 4.69) is 58.5 Å². The van der Waals surface area contributed by atoms with Gasteiger partial charge in [0.2, 0.25) is 0 Å². The van der Waals surface area contributed by atoms with E-state index in [0.29, 0.717) is 0 Å². The average Bonchev–Trinajstić information content (AvgIpc) is 2.64. The van der Waals surface area contributed by atoms with Crippen LogP contribution in [0.25, 0.3) is 0 Å². The van der Waals surface area contributed by atoms with Gasteiger partial charge in [-0.2, -0.15) is 5.10 Å². The summed E-state index contributed by atoms with van der Waals surface area (Å²) in [4.78, 5) is 0. The highest BCUT2D eigenvalue weighted by molar-refractivity contribution is 9.10. The second kappa shape index (κ2) is 5.14. The molecule has 0 aliphatic carbocycles. The van der Waals surface area contributed by atoms with Crippen molar-refractivity contribution in [2.45, 2.75) is 26.8 Å². The Balaban J connectivity index is 2.24. The van der Waals surface area contributed by atoms with Crippen LogP contribution >= 0.6 is 15.9 Å². The summed E-state index contributed by atoms with van der Waals surface area (Å²) in [6, 6.07) is 6.44. The van der Waals surface area contributed by atoms with Crippen molar-refractivity contribution >= 4 is 21.6 Å². The third-order valence-electron chi connectivity index (χ3n) is 3.16. The molecule has 0 saturated carbocycles. The zero-order chi connectivity index (χ0) is 13.3. The predicted molar refractivity (Wildman–Crippen MR) is 78.9 cm³/mol. The molecule has 96 valence electrons. The molecule has 0 fully saturated rings. The van der Waals surface area contributed by atoms with Crippen molar-refractivity contribution < 1.29 is 0 Å². The third kappa shape index (κ3) is 2.58. The highest BCUT2D eigenvalue weighted by atomic mass is 79.9. The van der Waals surface area contributed by atoms with E-state index < -0.39 is 0 Å². The molecule has 4 heteroatoms. The van der Waals surface area contributed by atoms with E-state index in [9.17, 15) is 0 Å². The van der Waals surface area contributed by atoms with Crippen LogP contribution in [0.4, 0.5) is 5.69 Å². The van der Waals surface area contributed by atoms with Gasteiger partial charge in [0.1, 0.15) is 0 Å². The lowest BCUT2D eigenvalue weighted by atomic mass is 10.1. The first-order valence-electron chi connectivity index (χ1n) is 6.01. The maximum absolute atomic E-state index is 4.38. The molecule has 1 N–H and O–H groups in total. The number of nitrogens with one attached hydrogen (secondary N) is 1. The topological polar surface area (TPSA) is 29.9 Å². The van der Waals surface area contributed by atoms with Gasteiger partial charge in [-0.1, -0.05) is 22.0 Å². The van der Waals surface area contributed by atoms with E-state index in [1.165, 1.54) is 11.1 Å². The van der Waals surface area contributed by atoms with Crippen LogP contribution in [-0.2, 0) is 7.05 Å². The molecule has 18 heavy (non-hydrogen) atoms. The van der Waals surface area contributed by atoms with Crippen molar-refractivity contribution in [3.8, 4) is 0 Å². The predicted octanol–water partition coefficient (Wildman–Crippen LogP) is 3.97. The minimum atomic E-state index is 0.242. The van der Waals surface area contributed by atoms with E-state index in [4.69, 9.17) is 0 Å². The smallest absolute Gasteiger partial charge is 0.0646 e. The Morgan fingerprint density at radius 3 is 2.67 bits per heavy atom. The second-order valence-electron chi connectivity index (χ2n) is 4.62. The fourth-order valence-electron chi connectivity index (χ4n) is 2.12. The number of hydrogen-bond acceptors (Lipinski definition) is 2. The molecular weight excluding hydrogens is 290 g/mol. The van der Waals surface area contributed by atoms with Crippen LogP contribution in [-0.4, -0.2) is 9.78 Å². The fourth-order valence-corrected chi connectivity index (χ4v) is 2.48. The molecule has 1 aromatic carbocycles. The molecule has 0 aliphatic rings. The Bertz CT molecular complexity index is 560. The van der Waals surface area contributed by atoms with Crippen LogP contribution in [0.2, 0.25) is 0 Å². The molecule has 1 heterocycles. The Morgan fingerprint density at radius 1 is 1.33 bits per heavy atom. The molecule has 1 unspecified atom stereocenters. The summed E-state index contributed by atoms with van der Waals surface area (Å²) in [5, 5.41) is 7.92. The molecule has 2 rings (SSSR count). The van der Waals surface area contributed by atoms with Gasteiger partial charge in [0.25, 0.3) is 0 Å². The first-order chi connectivity index (χ1) is 8.49. The van der Waals surface area contributed by atoms with Gasteiger partial charge in [-0.3, -0.25) is 4.68 Å². The number of nitrogens with zero attached hydrogens (tertiary/aromatic N) is 2. The lowest BCUT2D eigenvalue weighted by Gasteiger charge is -2.17. The van der Waals surface area contributed by atoms with Crippen molar-refractivity contribution in [1.82, 2.24) is 9.78 Å². The van der Waals surface area contributed by atoms with Crippen LogP contribution in [0.1, 0.15) is 29.8 Å². The number of aryl methyl sites for hydroxylation is 2. The van der Waals surface area contributed by atoms with E-state index in [0.717, 1.165) is 15.9 Å². The molecule has 0 radical (unpaired) electrons. The first kappa shape index (κ1) is 13.1. The molecule has 0 aliphatic heterocycles. The van der Waals surface area contributed by atoms with Gasteiger partial charge in [0, 0.05) is 29.0 Å². The van der Waals surface area contributed by atoms with Crippen LogP contribution in [0.15, 0.2) is 28.9 Å². The number of benzene rings is 1. The number of rotatable bonds is 3. The standard InChI is InChI=1S/C14H18BrN3/c1-9-13(15)6-5-7-14(9)16-10(2)12-8-18(4)17-11(12)3/h5-8,10,16H,1-4H3. The molecule has 1 atom stereocenters. The molecule has 1 aromatic heterocycles. The number of hydrogen-bond donors (Lipinski definition) is 1. The highest BCUT2D eigenvalue weighted by Crippen LogP contribution is 2.27. The third-order valence-corrected chi connectivity index (χ3v) is 4.02. The minimum Gasteiger partial charge on any atom is -0.378 e. The van der Waals surface area contributed by atoms with Crippen molar-refractivity contribution in [1.29, 1.82) is 0 Å². The van der Waals surface area contributed by atoms with E-state index in [1.54, 1.807) is 0 Å². The lowest BCUT2D eigenvalue weighted by Crippen LogP contribution is -2.08. The normalized spacial score (nSPS) is 12.5. The van der Waals surface area contributed by atoms with Gasteiger partial charge in [-0.05, 0) is 38.5 Å². The monoisotopic (exact) mass is 307 g/mol. The van der Waals surface area contributed by atoms with Crippen molar-refractivity contribution in [3.63, 3.8) is 0 Å². The highest BCUT2D eigenvalue weighted by Gasteiger charge is 2.12. The van der Waals surface area contributed by atoms with Gasteiger partial charge in [0.15, 0.2) is 0 Å². The van der Waals surface area contributed by atoms with E-state index in [-0.39, 0.29) is 6.04 Å². The summed E-state index contributed by atoms with van der Waals surface area (Å²) < 4.78 is 2.99. The van der Waals surface area contributed by atoms with Crippen LogP contribution in [0.5, 0.6) is 0 Å². The number of aromatic nitrogens is 2. The molecule has 2 aromatic rings. The quantitative estimate of drug-likeness (QED) is 0.929. The van der Waals surface area contributed by atoms with E-state index >= 15 is 0 Å². The molecule has 3 nitrogen and oxygen atoms in total. The Morgan fingerprint density at radius 2 is 2.06 bits per heavy atom. The Kier molecular flexibility index (Phi) is 3.76. The van der Waals surface area contributed by atoms with Gasteiger partial charge >= 0.3 is 0 Å².